The Hall–Kier alpha value is -2.44. The molecule has 130 valence electrons. The number of hydrogen-bond donors (Lipinski definition) is 1. The average molecular weight is 362 g/mol. The van der Waals surface area contributed by atoms with Gasteiger partial charge in [-0.15, -0.1) is 0 Å². The fraction of sp³-hybridized carbons (Fsp3) is 0.278. The molecule has 0 radical (unpaired) electrons. The van der Waals surface area contributed by atoms with Crippen LogP contribution in [0.3, 0.4) is 0 Å². The van der Waals surface area contributed by atoms with Crippen molar-refractivity contribution in [3.05, 3.63) is 57.9 Å². The van der Waals surface area contributed by atoms with E-state index in [1.165, 1.54) is 0 Å². The Kier molecular flexibility index (Phi) is 5.01. The minimum atomic E-state index is -1.05. The van der Waals surface area contributed by atoms with Gasteiger partial charge in [0.25, 0.3) is 0 Å². The lowest BCUT2D eigenvalue weighted by molar-refractivity contribution is -0.142. The van der Waals surface area contributed by atoms with E-state index in [1.54, 1.807) is 25.3 Å². The second kappa shape index (κ2) is 7.21. The summed E-state index contributed by atoms with van der Waals surface area (Å²) < 4.78 is 11.2. The van der Waals surface area contributed by atoms with Crippen molar-refractivity contribution in [2.75, 3.05) is 0 Å². The molecule has 0 saturated carbocycles. The van der Waals surface area contributed by atoms with E-state index in [2.05, 4.69) is 4.98 Å². The Labute approximate surface area is 149 Å². The highest BCUT2D eigenvalue weighted by molar-refractivity contribution is 6.30. The number of aliphatic carboxylic acids is 1. The molecule has 1 aliphatic rings. The Morgan fingerprint density at radius 1 is 1.32 bits per heavy atom. The molecule has 1 aromatic heterocycles. The maximum Gasteiger partial charge on any atom is 0.311 e. The van der Waals surface area contributed by atoms with Gasteiger partial charge < -0.3 is 14.6 Å². The number of aromatic nitrogens is 1. The number of pyridine rings is 1. The molecular weight excluding hydrogens is 346 g/mol. The van der Waals surface area contributed by atoms with Crippen molar-refractivity contribution in [2.24, 2.45) is 0 Å². The smallest absolute Gasteiger partial charge is 0.311 e. The minimum Gasteiger partial charge on any atom is -0.481 e. The van der Waals surface area contributed by atoms with Gasteiger partial charge in [-0.25, -0.2) is 0 Å². The first-order valence-corrected chi connectivity index (χ1v) is 8.11. The quantitative estimate of drug-likeness (QED) is 0.821. The standard InChI is InChI=1S/C18H16ClNO5/c1-10-17(25-16(23)7-6-15(21)22)14-9-24-18(13(14)8-20-10)11-2-4-12(19)5-3-11/h2-5,8,18H,6-7,9H2,1H3,(H,21,22). The van der Waals surface area contributed by atoms with Crippen molar-refractivity contribution in [3.63, 3.8) is 0 Å². The van der Waals surface area contributed by atoms with Crippen molar-refractivity contribution < 1.29 is 24.2 Å². The number of rotatable bonds is 5. The van der Waals surface area contributed by atoms with Gasteiger partial charge in [0.05, 0.1) is 25.1 Å². The summed E-state index contributed by atoms with van der Waals surface area (Å²) in [5, 5.41) is 9.30. The number of carbonyl (C=O) groups is 2. The first-order chi connectivity index (χ1) is 12.0. The number of carboxylic acid groups (broad SMARTS) is 1. The van der Waals surface area contributed by atoms with Crippen LogP contribution in [-0.2, 0) is 20.9 Å². The number of halogens is 1. The molecule has 1 aliphatic heterocycles. The van der Waals surface area contributed by atoms with Crippen LogP contribution in [0.4, 0.5) is 0 Å². The van der Waals surface area contributed by atoms with Crippen LogP contribution in [0.25, 0.3) is 0 Å². The summed E-state index contributed by atoms with van der Waals surface area (Å²) >= 11 is 5.92. The maximum atomic E-state index is 11.9. The number of carbonyl (C=O) groups excluding carboxylic acids is 1. The summed E-state index contributed by atoms with van der Waals surface area (Å²) in [6.45, 7) is 2.02. The normalized spacial score (nSPS) is 15.7. The molecule has 2 aromatic rings. The number of carboxylic acids is 1. The van der Waals surface area contributed by atoms with Crippen molar-refractivity contribution in [1.29, 1.82) is 0 Å². The minimum absolute atomic E-state index is 0.195. The van der Waals surface area contributed by atoms with E-state index in [1.807, 2.05) is 12.1 Å². The van der Waals surface area contributed by atoms with Gasteiger partial charge in [-0.2, -0.15) is 0 Å². The number of fused-ring (bicyclic) bond motifs is 1. The molecule has 0 amide bonds. The van der Waals surface area contributed by atoms with Gasteiger partial charge >= 0.3 is 11.9 Å². The lowest BCUT2D eigenvalue weighted by Crippen LogP contribution is -2.13. The van der Waals surface area contributed by atoms with Crippen LogP contribution in [0.15, 0.2) is 30.5 Å². The lowest BCUT2D eigenvalue weighted by Gasteiger charge is -2.13. The van der Waals surface area contributed by atoms with E-state index in [4.69, 9.17) is 26.2 Å². The van der Waals surface area contributed by atoms with Gasteiger partial charge in [-0.05, 0) is 24.6 Å². The van der Waals surface area contributed by atoms with Crippen LogP contribution in [-0.4, -0.2) is 22.0 Å². The van der Waals surface area contributed by atoms with E-state index in [0.29, 0.717) is 16.5 Å². The van der Waals surface area contributed by atoms with Crippen molar-refractivity contribution >= 4 is 23.5 Å². The molecule has 2 heterocycles. The molecule has 1 aromatic carbocycles. The van der Waals surface area contributed by atoms with E-state index in [0.717, 1.165) is 16.7 Å². The number of esters is 1. The molecule has 0 spiro atoms. The number of benzene rings is 1. The van der Waals surface area contributed by atoms with Gasteiger partial charge in [0.15, 0.2) is 5.75 Å². The third-order valence-corrected chi connectivity index (χ3v) is 4.21. The van der Waals surface area contributed by atoms with Crippen LogP contribution in [0.5, 0.6) is 5.75 Å². The van der Waals surface area contributed by atoms with Gasteiger partial charge in [0.1, 0.15) is 6.10 Å². The highest BCUT2D eigenvalue weighted by Gasteiger charge is 2.30. The molecule has 0 bridgehead atoms. The van der Waals surface area contributed by atoms with Gasteiger partial charge in [-0.1, -0.05) is 23.7 Å². The molecule has 0 aliphatic carbocycles. The predicted molar refractivity (Wildman–Crippen MR) is 89.6 cm³/mol. The molecule has 3 rings (SSSR count). The molecular formula is C18H16ClNO5. The zero-order valence-corrected chi connectivity index (χ0v) is 14.2. The zero-order chi connectivity index (χ0) is 18.0. The summed E-state index contributed by atoms with van der Waals surface area (Å²) in [4.78, 5) is 26.8. The SMILES string of the molecule is Cc1ncc2c(c1OC(=O)CCC(=O)O)COC2c1ccc(Cl)cc1. The second-order valence-electron chi connectivity index (χ2n) is 5.72. The van der Waals surface area contributed by atoms with E-state index < -0.39 is 11.9 Å². The van der Waals surface area contributed by atoms with Crippen LogP contribution in [0, 0.1) is 6.92 Å². The highest BCUT2D eigenvalue weighted by atomic mass is 35.5. The number of hydrogen-bond acceptors (Lipinski definition) is 5. The van der Waals surface area contributed by atoms with Crippen molar-refractivity contribution in [1.82, 2.24) is 4.98 Å². The van der Waals surface area contributed by atoms with Gasteiger partial charge in [0, 0.05) is 22.3 Å². The third kappa shape index (κ3) is 3.81. The molecule has 1 unspecified atom stereocenters. The van der Waals surface area contributed by atoms with E-state index in [9.17, 15) is 9.59 Å². The summed E-state index contributed by atoms with van der Waals surface area (Å²) in [5.41, 5.74) is 3.07. The number of aryl methyl sites for hydroxylation is 1. The summed E-state index contributed by atoms with van der Waals surface area (Å²) in [6, 6.07) is 7.32. The molecule has 1 atom stereocenters. The molecule has 1 N–H and O–H groups in total. The molecule has 6 nitrogen and oxygen atoms in total. The topological polar surface area (TPSA) is 85.7 Å². The fourth-order valence-corrected chi connectivity index (χ4v) is 2.83. The van der Waals surface area contributed by atoms with Crippen LogP contribution in [0.1, 0.15) is 41.3 Å². The maximum absolute atomic E-state index is 11.9. The Bertz CT molecular complexity index is 819. The Balaban J connectivity index is 1.86. The molecule has 0 fully saturated rings. The van der Waals surface area contributed by atoms with Gasteiger partial charge in [0.2, 0.25) is 0 Å². The third-order valence-electron chi connectivity index (χ3n) is 3.96. The monoisotopic (exact) mass is 361 g/mol. The summed E-state index contributed by atoms with van der Waals surface area (Å²) in [6.07, 6.45) is 0.937. The molecule has 25 heavy (non-hydrogen) atoms. The molecule has 7 heteroatoms. The van der Waals surface area contributed by atoms with E-state index >= 15 is 0 Å². The van der Waals surface area contributed by atoms with Crippen molar-refractivity contribution in [2.45, 2.75) is 32.5 Å². The van der Waals surface area contributed by atoms with Crippen LogP contribution >= 0.6 is 11.6 Å². The van der Waals surface area contributed by atoms with Crippen LogP contribution in [0.2, 0.25) is 5.02 Å². The summed E-state index contributed by atoms with van der Waals surface area (Å²) in [7, 11) is 0. The van der Waals surface area contributed by atoms with Gasteiger partial charge in [-0.3, -0.25) is 14.6 Å². The second-order valence-corrected chi connectivity index (χ2v) is 6.15. The predicted octanol–water partition coefficient (Wildman–Crippen LogP) is 3.43. The summed E-state index contributed by atoms with van der Waals surface area (Å²) in [5.74, 6) is -1.30. The first-order valence-electron chi connectivity index (χ1n) is 7.73. The van der Waals surface area contributed by atoms with Crippen molar-refractivity contribution in [3.8, 4) is 5.75 Å². The lowest BCUT2D eigenvalue weighted by atomic mass is 10.0. The Morgan fingerprint density at radius 3 is 2.72 bits per heavy atom. The van der Waals surface area contributed by atoms with E-state index in [-0.39, 0.29) is 25.6 Å². The number of nitrogens with zero attached hydrogens (tertiary/aromatic N) is 1. The average Bonchev–Trinajstić information content (AvgIpc) is 3.00. The largest absolute Gasteiger partial charge is 0.481 e. The Morgan fingerprint density at radius 2 is 2.04 bits per heavy atom. The highest BCUT2D eigenvalue weighted by Crippen LogP contribution is 2.41. The fourth-order valence-electron chi connectivity index (χ4n) is 2.71. The first kappa shape index (κ1) is 17.4. The van der Waals surface area contributed by atoms with Crippen LogP contribution < -0.4 is 4.74 Å². The molecule has 0 saturated heterocycles. The zero-order valence-electron chi connectivity index (χ0n) is 13.5. The number of ether oxygens (including phenoxy) is 2.